The molecular weight excluding hydrogens is 404 g/mol. The Morgan fingerprint density at radius 1 is 0.903 bits per heavy atom. The Morgan fingerprint density at radius 3 is 2.48 bits per heavy atom. The molecule has 2 aromatic heterocycles. The minimum absolute atomic E-state index is 0.0929. The molecular formula is C25H22N4OS. The summed E-state index contributed by atoms with van der Waals surface area (Å²) in [6.45, 7) is 0. The number of nitrogens with zero attached hydrogens (tertiary/aromatic N) is 3. The summed E-state index contributed by atoms with van der Waals surface area (Å²) < 4.78 is 7.68. The van der Waals surface area contributed by atoms with E-state index in [0.29, 0.717) is 5.11 Å². The molecule has 0 bridgehead atoms. The first-order valence-electron chi connectivity index (χ1n) is 10.1. The van der Waals surface area contributed by atoms with Crippen LogP contribution < -0.4 is 15.0 Å². The number of aromatic nitrogens is 2. The lowest BCUT2D eigenvalue weighted by atomic mass is 10.0. The SMILES string of the molecule is COc1cccc(N2C(=S)N[C@H](c3ccccn3)[C@H]2c2cccn2-c2ccccc2)c1. The number of ether oxygens (including phenoxy) is 1. The van der Waals surface area contributed by atoms with Crippen molar-refractivity contribution in [3.8, 4) is 11.4 Å². The van der Waals surface area contributed by atoms with Crippen molar-refractivity contribution in [1.29, 1.82) is 0 Å². The summed E-state index contributed by atoms with van der Waals surface area (Å²) in [5, 5.41) is 4.18. The maximum Gasteiger partial charge on any atom is 0.174 e. The Bertz CT molecular complexity index is 1190. The van der Waals surface area contributed by atoms with Gasteiger partial charge in [-0.2, -0.15) is 0 Å². The van der Waals surface area contributed by atoms with Gasteiger partial charge in [0.1, 0.15) is 11.8 Å². The van der Waals surface area contributed by atoms with Crippen LogP contribution in [-0.4, -0.2) is 21.8 Å². The van der Waals surface area contributed by atoms with Crippen LogP contribution in [0.1, 0.15) is 23.5 Å². The van der Waals surface area contributed by atoms with Crippen molar-refractivity contribution in [3.05, 3.63) is 109 Å². The van der Waals surface area contributed by atoms with E-state index in [1.54, 1.807) is 7.11 Å². The first kappa shape index (κ1) is 19.3. The predicted molar refractivity (Wildman–Crippen MR) is 127 cm³/mol. The van der Waals surface area contributed by atoms with Crippen molar-refractivity contribution in [1.82, 2.24) is 14.9 Å². The number of hydrogen-bond donors (Lipinski definition) is 1. The second kappa shape index (κ2) is 8.24. The fourth-order valence-electron chi connectivity index (χ4n) is 4.15. The molecule has 0 spiro atoms. The highest BCUT2D eigenvalue weighted by atomic mass is 32.1. The van der Waals surface area contributed by atoms with Gasteiger partial charge in [-0.15, -0.1) is 0 Å². The number of para-hydroxylation sites is 1. The lowest BCUT2D eigenvalue weighted by Crippen LogP contribution is -2.30. The van der Waals surface area contributed by atoms with E-state index in [1.807, 2.05) is 60.8 Å². The molecule has 0 aliphatic carbocycles. The highest BCUT2D eigenvalue weighted by Crippen LogP contribution is 2.42. The lowest BCUT2D eigenvalue weighted by Gasteiger charge is -2.29. The molecule has 31 heavy (non-hydrogen) atoms. The zero-order valence-electron chi connectivity index (χ0n) is 17.1. The van der Waals surface area contributed by atoms with E-state index in [-0.39, 0.29) is 12.1 Å². The number of rotatable bonds is 5. The molecule has 1 N–H and O–H groups in total. The second-order valence-electron chi connectivity index (χ2n) is 7.34. The van der Waals surface area contributed by atoms with Crippen LogP contribution in [0.5, 0.6) is 5.75 Å². The van der Waals surface area contributed by atoms with Gasteiger partial charge in [-0.1, -0.05) is 30.3 Å². The van der Waals surface area contributed by atoms with Gasteiger partial charge in [0, 0.05) is 35.5 Å². The Morgan fingerprint density at radius 2 is 1.71 bits per heavy atom. The molecule has 1 aliphatic rings. The van der Waals surface area contributed by atoms with Crippen molar-refractivity contribution < 1.29 is 4.74 Å². The molecule has 154 valence electrons. The Labute approximate surface area is 186 Å². The Kier molecular flexibility index (Phi) is 5.14. The monoisotopic (exact) mass is 426 g/mol. The van der Waals surface area contributed by atoms with E-state index in [1.165, 1.54) is 0 Å². The minimum Gasteiger partial charge on any atom is -0.497 e. The first-order valence-corrected chi connectivity index (χ1v) is 10.5. The fourth-order valence-corrected chi connectivity index (χ4v) is 4.50. The van der Waals surface area contributed by atoms with Gasteiger partial charge in [-0.3, -0.25) is 4.98 Å². The topological polar surface area (TPSA) is 42.3 Å². The normalized spacial score (nSPS) is 18.1. The Balaban J connectivity index is 1.67. The largest absolute Gasteiger partial charge is 0.497 e. The molecule has 1 aliphatic heterocycles. The van der Waals surface area contributed by atoms with Crippen molar-refractivity contribution in [2.45, 2.75) is 12.1 Å². The molecule has 4 aromatic rings. The summed E-state index contributed by atoms with van der Waals surface area (Å²) in [6.07, 6.45) is 3.91. The minimum atomic E-state index is -0.0998. The third-order valence-corrected chi connectivity index (χ3v) is 5.86. The van der Waals surface area contributed by atoms with Crippen LogP contribution in [0.2, 0.25) is 0 Å². The van der Waals surface area contributed by atoms with Crippen molar-refractivity contribution in [2.24, 2.45) is 0 Å². The summed E-state index contributed by atoms with van der Waals surface area (Å²) in [5.74, 6) is 0.791. The Hall–Kier alpha value is -3.64. The number of pyridine rings is 1. The summed E-state index contributed by atoms with van der Waals surface area (Å²) in [5.41, 5.74) is 4.14. The van der Waals surface area contributed by atoms with Crippen molar-refractivity contribution in [2.75, 3.05) is 12.0 Å². The maximum atomic E-state index is 5.83. The second-order valence-corrected chi connectivity index (χ2v) is 7.72. The molecule has 2 atom stereocenters. The van der Waals surface area contributed by atoms with Crippen molar-refractivity contribution >= 4 is 23.0 Å². The summed E-state index contributed by atoms with van der Waals surface area (Å²) in [7, 11) is 1.67. The van der Waals surface area contributed by atoms with Gasteiger partial charge in [0.25, 0.3) is 0 Å². The van der Waals surface area contributed by atoms with E-state index in [0.717, 1.165) is 28.5 Å². The molecule has 5 rings (SSSR count). The maximum absolute atomic E-state index is 5.83. The third-order valence-electron chi connectivity index (χ3n) is 5.55. The number of thiocarbonyl (C=S) groups is 1. The van der Waals surface area contributed by atoms with Crippen LogP contribution in [0.25, 0.3) is 5.69 Å². The van der Waals surface area contributed by atoms with Gasteiger partial charge in [-0.05, 0) is 60.7 Å². The van der Waals surface area contributed by atoms with Gasteiger partial charge in [0.2, 0.25) is 0 Å². The van der Waals surface area contributed by atoms with Crippen LogP contribution in [-0.2, 0) is 0 Å². The summed E-state index contributed by atoms with van der Waals surface area (Å²) in [4.78, 5) is 6.80. The molecule has 1 saturated heterocycles. The lowest BCUT2D eigenvalue weighted by molar-refractivity contribution is 0.414. The molecule has 0 radical (unpaired) electrons. The van der Waals surface area contributed by atoms with Gasteiger partial charge in [0.05, 0.1) is 18.8 Å². The number of benzene rings is 2. The third kappa shape index (κ3) is 3.55. The smallest absolute Gasteiger partial charge is 0.174 e. The molecule has 0 unspecified atom stereocenters. The average molecular weight is 427 g/mol. The molecule has 1 fully saturated rings. The average Bonchev–Trinajstić information content (AvgIpc) is 3.44. The first-order chi connectivity index (χ1) is 15.3. The number of anilines is 1. The van der Waals surface area contributed by atoms with Gasteiger partial charge < -0.3 is 19.5 Å². The highest BCUT2D eigenvalue weighted by molar-refractivity contribution is 7.80. The number of nitrogens with one attached hydrogen (secondary N) is 1. The zero-order valence-corrected chi connectivity index (χ0v) is 17.9. The van der Waals surface area contributed by atoms with Crippen LogP contribution in [0.4, 0.5) is 5.69 Å². The molecule has 0 amide bonds. The van der Waals surface area contributed by atoms with Gasteiger partial charge >= 0.3 is 0 Å². The zero-order chi connectivity index (χ0) is 21.2. The highest BCUT2D eigenvalue weighted by Gasteiger charge is 2.42. The van der Waals surface area contributed by atoms with Crippen LogP contribution in [0, 0.1) is 0 Å². The number of methoxy groups -OCH3 is 1. The van der Waals surface area contributed by atoms with E-state index in [2.05, 4.69) is 56.3 Å². The molecule has 5 nitrogen and oxygen atoms in total. The fraction of sp³-hybridized carbons (Fsp3) is 0.120. The van der Waals surface area contributed by atoms with Gasteiger partial charge in [-0.25, -0.2) is 0 Å². The van der Waals surface area contributed by atoms with Crippen molar-refractivity contribution in [3.63, 3.8) is 0 Å². The van der Waals surface area contributed by atoms with Crippen LogP contribution in [0.3, 0.4) is 0 Å². The standard InChI is InChI=1S/C25H22N4OS/c1-30-20-12-7-11-19(17-20)29-24(23(27-25(29)31)21-13-5-6-15-26-21)22-14-8-16-28(22)18-9-3-2-4-10-18/h2-17,23-24H,1H3,(H,27,31)/t23-,24-/m1/s1. The van der Waals surface area contributed by atoms with E-state index in [9.17, 15) is 0 Å². The molecule has 2 aromatic carbocycles. The quantitative estimate of drug-likeness (QED) is 0.452. The van der Waals surface area contributed by atoms with E-state index in [4.69, 9.17) is 17.0 Å². The molecule has 6 heteroatoms. The van der Waals surface area contributed by atoms with Gasteiger partial charge in [0.15, 0.2) is 5.11 Å². The summed E-state index contributed by atoms with van der Waals surface area (Å²) in [6, 6.07) is 28.3. The predicted octanol–water partition coefficient (Wildman–Crippen LogP) is 5.06. The molecule has 0 saturated carbocycles. The van der Waals surface area contributed by atoms with Crippen LogP contribution >= 0.6 is 12.2 Å². The van der Waals surface area contributed by atoms with E-state index >= 15 is 0 Å². The summed E-state index contributed by atoms with van der Waals surface area (Å²) >= 11 is 5.83. The van der Waals surface area contributed by atoms with Crippen LogP contribution in [0.15, 0.2) is 97.3 Å². The number of hydrogen-bond acceptors (Lipinski definition) is 3. The molecule has 3 heterocycles. The van der Waals surface area contributed by atoms with E-state index < -0.39 is 0 Å².